The van der Waals surface area contributed by atoms with Crippen molar-refractivity contribution in [2.24, 2.45) is 0 Å². The molecule has 0 spiro atoms. The van der Waals surface area contributed by atoms with Gasteiger partial charge in [-0.15, -0.1) is 0 Å². The number of amides is 1. The van der Waals surface area contributed by atoms with E-state index in [4.69, 9.17) is 0 Å². The van der Waals surface area contributed by atoms with Crippen LogP contribution >= 0.6 is 0 Å². The zero-order valence-electron chi connectivity index (χ0n) is 14.2. The summed E-state index contributed by atoms with van der Waals surface area (Å²) < 4.78 is 94.6. The Bertz CT molecular complexity index is 787. The second-order valence-electron chi connectivity index (χ2n) is 5.90. The fourth-order valence-electron chi connectivity index (χ4n) is 2.81. The normalized spacial score (nSPS) is 16.8. The van der Waals surface area contributed by atoms with Crippen LogP contribution in [0.2, 0.25) is 0 Å². The maximum Gasteiger partial charge on any atom is 0.417 e. The number of nitrogens with zero attached hydrogens (tertiary/aromatic N) is 1. The van der Waals surface area contributed by atoms with Crippen molar-refractivity contribution < 1.29 is 45.1 Å². The molecule has 1 amide bonds. The summed E-state index contributed by atoms with van der Waals surface area (Å²) in [5.41, 5.74) is -2.70. The van der Waals surface area contributed by atoms with Crippen LogP contribution < -0.4 is 0 Å². The van der Waals surface area contributed by atoms with Crippen molar-refractivity contribution in [1.29, 1.82) is 0 Å². The Kier molecular flexibility index (Phi) is 6.68. The average molecular weight is 413 g/mol. The lowest BCUT2D eigenvalue weighted by atomic mass is 10.0. The molecule has 1 heterocycles. The summed E-state index contributed by atoms with van der Waals surface area (Å²) in [4.78, 5) is 25.3. The number of carbonyl (C=O) groups is 2. The molecule has 11 heteroatoms. The number of ether oxygens (including phenoxy) is 1. The van der Waals surface area contributed by atoms with E-state index in [2.05, 4.69) is 4.74 Å². The van der Waals surface area contributed by atoms with E-state index in [0.29, 0.717) is 12.1 Å². The van der Waals surface area contributed by atoms with Crippen molar-refractivity contribution in [2.75, 3.05) is 13.2 Å². The fourth-order valence-corrected chi connectivity index (χ4v) is 2.81. The van der Waals surface area contributed by atoms with E-state index in [0.717, 1.165) is 11.0 Å². The Morgan fingerprint density at radius 1 is 1.18 bits per heavy atom. The molecule has 1 aromatic rings. The van der Waals surface area contributed by atoms with Crippen LogP contribution in [0.25, 0.3) is 0 Å². The smallest absolute Gasteiger partial charge is 0.417 e. The first-order chi connectivity index (χ1) is 13.0. The third kappa shape index (κ3) is 4.82. The summed E-state index contributed by atoms with van der Waals surface area (Å²) in [6.07, 6.45) is -8.19. The number of benzene rings is 1. The highest BCUT2D eigenvalue weighted by Crippen LogP contribution is 2.34. The van der Waals surface area contributed by atoms with Gasteiger partial charge in [0.05, 0.1) is 17.7 Å². The SMILES string of the molecule is O=C(OCCC(F)=C(F)F)[C@@H]1CCCN1C(=O)c1c(F)cccc1C(F)(F)F. The minimum atomic E-state index is -5.00. The first-order valence-corrected chi connectivity index (χ1v) is 8.07. The summed E-state index contributed by atoms with van der Waals surface area (Å²) >= 11 is 0. The van der Waals surface area contributed by atoms with Gasteiger partial charge in [-0.2, -0.15) is 22.0 Å². The summed E-state index contributed by atoms with van der Waals surface area (Å²) in [5, 5.41) is 0. The van der Waals surface area contributed by atoms with Crippen molar-refractivity contribution in [2.45, 2.75) is 31.5 Å². The number of esters is 1. The first-order valence-electron chi connectivity index (χ1n) is 8.07. The topological polar surface area (TPSA) is 46.6 Å². The highest BCUT2D eigenvalue weighted by Gasteiger charge is 2.42. The minimum Gasteiger partial charge on any atom is -0.464 e. The quantitative estimate of drug-likeness (QED) is 0.529. The number of hydrogen-bond acceptors (Lipinski definition) is 3. The molecule has 0 bridgehead atoms. The molecule has 0 N–H and O–H groups in total. The number of halogens is 7. The zero-order valence-corrected chi connectivity index (χ0v) is 14.2. The molecular formula is C17H14F7NO3. The van der Waals surface area contributed by atoms with Gasteiger partial charge in [-0.1, -0.05) is 6.07 Å². The van der Waals surface area contributed by atoms with E-state index in [1.165, 1.54) is 0 Å². The predicted octanol–water partition coefficient (Wildman–Crippen LogP) is 4.46. The number of hydrogen-bond donors (Lipinski definition) is 0. The third-order valence-corrected chi connectivity index (χ3v) is 4.09. The van der Waals surface area contributed by atoms with Gasteiger partial charge in [0.25, 0.3) is 5.91 Å². The lowest BCUT2D eigenvalue weighted by molar-refractivity contribution is -0.148. The van der Waals surface area contributed by atoms with E-state index in [1.807, 2.05) is 0 Å². The molecule has 0 unspecified atom stereocenters. The van der Waals surface area contributed by atoms with E-state index < -0.39 is 66.0 Å². The highest BCUT2D eigenvalue weighted by molar-refractivity contribution is 5.98. The van der Waals surface area contributed by atoms with Gasteiger partial charge in [0.15, 0.2) is 5.83 Å². The summed E-state index contributed by atoms with van der Waals surface area (Å²) in [7, 11) is 0. The van der Waals surface area contributed by atoms with Crippen LogP contribution in [-0.4, -0.2) is 36.0 Å². The monoisotopic (exact) mass is 413 g/mol. The number of alkyl halides is 3. The van der Waals surface area contributed by atoms with Crippen molar-refractivity contribution in [3.05, 3.63) is 47.1 Å². The number of likely N-dealkylation sites (tertiary alicyclic amines) is 1. The van der Waals surface area contributed by atoms with Crippen molar-refractivity contribution >= 4 is 11.9 Å². The van der Waals surface area contributed by atoms with E-state index in [-0.39, 0.29) is 19.4 Å². The molecule has 28 heavy (non-hydrogen) atoms. The average Bonchev–Trinajstić information content (AvgIpc) is 3.09. The summed E-state index contributed by atoms with van der Waals surface area (Å²) in [5.74, 6) is -5.61. The van der Waals surface area contributed by atoms with Crippen molar-refractivity contribution in [3.8, 4) is 0 Å². The van der Waals surface area contributed by atoms with E-state index in [1.54, 1.807) is 0 Å². The maximum atomic E-state index is 14.0. The first kappa shape index (κ1) is 21.7. The molecule has 0 saturated carbocycles. The second-order valence-corrected chi connectivity index (χ2v) is 5.90. The van der Waals surface area contributed by atoms with Gasteiger partial charge in [-0.25, -0.2) is 13.6 Å². The van der Waals surface area contributed by atoms with Crippen molar-refractivity contribution in [1.82, 2.24) is 4.90 Å². The molecule has 1 fully saturated rings. The molecule has 1 saturated heterocycles. The van der Waals surface area contributed by atoms with Gasteiger partial charge < -0.3 is 9.64 Å². The Morgan fingerprint density at radius 2 is 1.86 bits per heavy atom. The molecule has 1 aliphatic heterocycles. The van der Waals surface area contributed by atoms with Gasteiger partial charge in [-0.05, 0) is 25.0 Å². The third-order valence-electron chi connectivity index (χ3n) is 4.09. The molecular weight excluding hydrogens is 399 g/mol. The van der Waals surface area contributed by atoms with Crippen LogP contribution in [0, 0.1) is 5.82 Å². The Labute approximate surface area is 154 Å². The molecule has 0 aromatic heterocycles. The fraction of sp³-hybridized carbons (Fsp3) is 0.412. The van der Waals surface area contributed by atoms with Crippen LogP contribution in [0.1, 0.15) is 35.2 Å². The highest BCUT2D eigenvalue weighted by atomic mass is 19.4. The summed E-state index contributed by atoms with van der Waals surface area (Å²) in [6.45, 7) is -0.869. The predicted molar refractivity (Wildman–Crippen MR) is 81.4 cm³/mol. The van der Waals surface area contributed by atoms with Gasteiger partial charge in [-0.3, -0.25) is 4.79 Å². The standard InChI is InChI=1S/C17H14F7NO3/c18-10-4-1-3-9(17(22,23)24)13(10)15(26)25-7-2-5-12(25)16(27)28-8-6-11(19)14(20)21/h1,3-4,12H,2,5-8H2/t12-/m0/s1. The lowest BCUT2D eigenvalue weighted by Gasteiger charge is -2.25. The van der Waals surface area contributed by atoms with Gasteiger partial charge in [0, 0.05) is 13.0 Å². The van der Waals surface area contributed by atoms with Crippen LogP contribution in [0.5, 0.6) is 0 Å². The Morgan fingerprint density at radius 3 is 2.46 bits per heavy atom. The van der Waals surface area contributed by atoms with Gasteiger partial charge >= 0.3 is 18.2 Å². The van der Waals surface area contributed by atoms with Gasteiger partial charge in [0.2, 0.25) is 0 Å². The molecule has 0 aliphatic carbocycles. The van der Waals surface area contributed by atoms with Crippen LogP contribution in [-0.2, 0) is 15.7 Å². The molecule has 4 nitrogen and oxygen atoms in total. The largest absolute Gasteiger partial charge is 0.464 e. The Hall–Kier alpha value is -2.59. The van der Waals surface area contributed by atoms with E-state index >= 15 is 0 Å². The molecule has 2 rings (SSSR count). The molecule has 1 aromatic carbocycles. The maximum absolute atomic E-state index is 14.0. The molecule has 0 radical (unpaired) electrons. The van der Waals surface area contributed by atoms with E-state index in [9.17, 15) is 40.3 Å². The Balaban J connectivity index is 2.18. The molecule has 154 valence electrons. The molecule has 1 atom stereocenters. The lowest BCUT2D eigenvalue weighted by Crippen LogP contribution is -2.42. The van der Waals surface area contributed by atoms with Crippen LogP contribution in [0.3, 0.4) is 0 Å². The van der Waals surface area contributed by atoms with Crippen molar-refractivity contribution in [3.63, 3.8) is 0 Å². The second kappa shape index (κ2) is 8.61. The summed E-state index contributed by atoms with van der Waals surface area (Å²) in [6, 6.07) is 0.708. The van der Waals surface area contributed by atoms with Crippen LogP contribution in [0.4, 0.5) is 30.7 Å². The number of rotatable bonds is 5. The van der Waals surface area contributed by atoms with Gasteiger partial charge in [0.1, 0.15) is 11.9 Å². The minimum absolute atomic E-state index is 0.0240. The molecule has 1 aliphatic rings. The number of carbonyl (C=O) groups excluding carboxylic acids is 2. The van der Waals surface area contributed by atoms with Crippen LogP contribution in [0.15, 0.2) is 30.1 Å². The zero-order chi connectivity index (χ0) is 21.1.